The van der Waals surface area contributed by atoms with Crippen LogP contribution in [0, 0.1) is 0 Å². The number of hydrogen-bond acceptors (Lipinski definition) is 3. The first-order valence-corrected chi connectivity index (χ1v) is 8.66. The van der Waals surface area contributed by atoms with Crippen molar-refractivity contribution in [1.82, 2.24) is 5.32 Å². The lowest BCUT2D eigenvalue weighted by atomic mass is 10.2. The highest BCUT2D eigenvalue weighted by Crippen LogP contribution is 2.25. The van der Waals surface area contributed by atoms with Gasteiger partial charge in [0.25, 0.3) is 0 Å². The molecule has 0 spiro atoms. The number of amides is 2. The van der Waals surface area contributed by atoms with Gasteiger partial charge >= 0.3 is 6.03 Å². The Morgan fingerprint density at radius 1 is 1.20 bits per heavy atom. The maximum absolute atomic E-state index is 11.8. The monoisotopic (exact) mass is 336 g/mol. The summed E-state index contributed by atoms with van der Waals surface area (Å²) in [5.74, 6) is 0.214. The number of rotatable bonds is 2. The zero-order valence-electron chi connectivity index (χ0n) is 10.5. The molecule has 1 aliphatic rings. The molecule has 8 heteroatoms. The van der Waals surface area contributed by atoms with Gasteiger partial charge in [0.2, 0.25) is 0 Å². The Hall–Kier alpha value is -0.980. The van der Waals surface area contributed by atoms with Gasteiger partial charge in [-0.25, -0.2) is 13.2 Å². The topological polar surface area (TPSA) is 75.3 Å². The summed E-state index contributed by atoms with van der Waals surface area (Å²) in [5.41, 5.74) is 0.417. The number of nitrogens with one attached hydrogen (secondary N) is 2. The molecule has 5 nitrogen and oxygen atoms in total. The summed E-state index contributed by atoms with van der Waals surface area (Å²) in [6.07, 6.45) is 0.859. The molecule has 0 radical (unpaired) electrons. The lowest BCUT2D eigenvalue weighted by molar-refractivity contribution is 0.247. The second-order valence-electron chi connectivity index (χ2n) is 4.65. The number of urea groups is 1. The van der Waals surface area contributed by atoms with Crippen LogP contribution >= 0.6 is 23.2 Å². The van der Waals surface area contributed by atoms with Gasteiger partial charge in [-0.1, -0.05) is 23.2 Å². The molecule has 0 aromatic heterocycles. The van der Waals surface area contributed by atoms with Gasteiger partial charge in [0.1, 0.15) is 9.84 Å². The normalized spacial score (nSPS) is 18.5. The first kappa shape index (κ1) is 15.4. The summed E-state index contributed by atoms with van der Waals surface area (Å²) in [6.45, 7) is 0. The first-order valence-electron chi connectivity index (χ1n) is 6.09. The van der Waals surface area contributed by atoms with E-state index in [2.05, 4.69) is 10.6 Å². The van der Waals surface area contributed by atoms with Crippen molar-refractivity contribution in [2.24, 2.45) is 0 Å². The molecule has 1 aromatic carbocycles. The molecule has 0 bridgehead atoms. The lowest BCUT2D eigenvalue weighted by Gasteiger charge is -2.23. The molecule has 1 aromatic rings. The van der Waals surface area contributed by atoms with Crippen LogP contribution in [0.2, 0.25) is 10.0 Å². The smallest absolute Gasteiger partial charge is 0.319 e. The third kappa shape index (κ3) is 4.26. The Labute approximate surface area is 127 Å². The van der Waals surface area contributed by atoms with Crippen molar-refractivity contribution in [1.29, 1.82) is 0 Å². The Morgan fingerprint density at radius 2 is 1.85 bits per heavy atom. The van der Waals surface area contributed by atoms with E-state index in [0.717, 1.165) is 0 Å². The van der Waals surface area contributed by atoms with E-state index in [0.29, 0.717) is 28.6 Å². The van der Waals surface area contributed by atoms with Gasteiger partial charge in [-0.3, -0.25) is 0 Å². The Bertz CT molecular complexity index is 605. The average Bonchev–Trinajstić information content (AvgIpc) is 2.36. The van der Waals surface area contributed by atoms with E-state index in [9.17, 15) is 13.2 Å². The molecule has 110 valence electrons. The van der Waals surface area contributed by atoms with Gasteiger partial charge in [-0.2, -0.15) is 0 Å². The largest absolute Gasteiger partial charge is 0.335 e. The highest BCUT2D eigenvalue weighted by atomic mass is 35.5. The first-order chi connectivity index (χ1) is 9.35. The number of carbonyl (C=O) groups excluding carboxylic acids is 1. The predicted molar refractivity (Wildman–Crippen MR) is 80.3 cm³/mol. The van der Waals surface area contributed by atoms with Gasteiger partial charge < -0.3 is 10.6 Å². The number of benzene rings is 1. The molecule has 1 fully saturated rings. The lowest BCUT2D eigenvalue weighted by Crippen LogP contribution is -2.42. The van der Waals surface area contributed by atoms with Crippen LogP contribution < -0.4 is 10.6 Å². The summed E-state index contributed by atoms with van der Waals surface area (Å²) in [7, 11) is -2.93. The van der Waals surface area contributed by atoms with Crippen molar-refractivity contribution in [3.8, 4) is 0 Å². The number of carbonyl (C=O) groups is 1. The molecular formula is C12H14Cl2N2O3S. The van der Waals surface area contributed by atoms with E-state index in [1.54, 1.807) is 18.2 Å². The number of sulfone groups is 1. The summed E-state index contributed by atoms with van der Waals surface area (Å²) in [4.78, 5) is 11.8. The molecule has 0 unspecified atom stereocenters. The van der Waals surface area contributed by atoms with Crippen LogP contribution in [0.5, 0.6) is 0 Å². The Balaban J connectivity index is 1.91. The van der Waals surface area contributed by atoms with E-state index in [1.807, 2.05) is 0 Å². The average molecular weight is 337 g/mol. The summed E-state index contributed by atoms with van der Waals surface area (Å²) < 4.78 is 22.6. The molecule has 0 atom stereocenters. The highest BCUT2D eigenvalue weighted by molar-refractivity contribution is 7.91. The molecule has 1 heterocycles. The van der Waals surface area contributed by atoms with Crippen molar-refractivity contribution in [3.63, 3.8) is 0 Å². The third-order valence-corrected chi connectivity index (χ3v) is 5.35. The highest BCUT2D eigenvalue weighted by Gasteiger charge is 2.24. The minimum Gasteiger partial charge on any atom is -0.335 e. The third-order valence-electron chi connectivity index (χ3n) is 3.07. The summed E-state index contributed by atoms with van der Waals surface area (Å²) in [5, 5.41) is 6.19. The van der Waals surface area contributed by atoms with Crippen LogP contribution in [0.1, 0.15) is 12.8 Å². The van der Waals surface area contributed by atoms with Gasteiger partial charge in [0, 0.05) is 11.1 Å². The fourth-order valence-corrected chi connectivity index (χ4v) is 3.80. The SMILES string of the molecule is O=C(Nc1cc(Cl)ccc1Cl)NC1CCS(=O)(=O)CC1. The van der Waals surface area contributed by atoms with Gasteiger partial charge in [0.05, 0.1) is 22.2 Å². The van der Waals surface area contributed by atoms with Crippen LogP contribution in [0.4, 0.5) is 10.5 Å². The van der Waals surface area contributed by atoms with E-state index in [4.69, 9.17) is 23.2 Å². The van der Waals surface area contributed by atoms with Gasteiger partial charge in [-0.15, -0.1) is 0 Å². The van der Waals surface area contributed by atoms with E-state index in [-0.39, 0.29) is 17.5 Å². The minimum atomic E-state index is -2.93. The summed E-state index contributed by atoms with van der Waals surface area (Å²) in [6, 6.07) is 4.20. The zero-order chi connectivity index (χ0) is 14.8. The molecule has 1 saturated heterocycles. The number of halogens is 2. The molecule has 1 aliphatic heterocycles. The Kier molecular flexibility index (Phi) is 4.78. The predicted octanol–water partition coefficient (Wildman–Crippen LogP) is 2.69. The van der Waals surface area contributed by atoms with E-state index < -0.39 is 15.9 Å². The van der Waals surface area contributed by atoms with Crippen LogP contribution in [-0.4, -0.2) is 32.0 Å². The molecule has 2 amide bonds. The molecule has 2 rings (SSSR count). The van der Waals surface area contributed by atoms with Crippen LogP contribution in [0.15, 0.2) is 18.2 Å². The molecule has 20 heavy (non-hydrogen) atoms. The van der Waals surface area contributed by atoms with Crippen molar-refractivity contribution in [2.75, 3.05) is 16.8 Å². The van der Waals surface area contributed by atoms with Crippen molar-refractivity contribution in [3.05, 3.63) is 28.2 Å². The van der Waals surface area contributed by atoms with Gasteiger partial charge in [0.15, 0.2) is 0 Å². The second kappa shape index (κ2) is 6.20. The summed E-state index contributed by atoms with van der Waals surface area (Å²) >= 11 is 11.8. The van der Waals surface area contributed by atoms with Crippen LogP contribution in [-0.2, 0) is 9.84 Å². The molecule has 2 N–H and O–H groups in total. The van der Waals surface area contributed by atoms with E-state index in [1.165, 1.54) is 0 Å². The minimum absolute atomic E-state index is 0.107. The van der Waals surface area contributed by atoms with E-state index >= 15 is 0 Å². The standard InChI is InChI=1S/C12H14Cl2N2O3S/c13-8-1-2-10(14)11(7-8)16-12(17)15-9-3-5-20(18,19)6-4-9/h1-2,7,9H,3-6H2,(H2,15,16,17). The number of anilines is 1. The quantitative estimate of drug-likeness (QED) is 0.871. The van der Waals surface area contributed by atoms with Crippen molar-refractivity contribution >= 4 is 44.8 Å². The van der Waals surface area contributed by atoms with Crippen molar-refractivity contribution < 1.29 is 13.2 Å². The molecule has 0 saturated carbocycles. The molecule has 0 aliphatic carbocycles. The fourth-order valence-electron chi connectivity index (χ4n) is 1.97. The van der Waals surface area contributed by atoms with Crippen LogP contribution in [0.25, 0.3) is 0 Å². The van der Waals surface area contributed by atoms with Crippen LogP contribution in [0.3, 0.4) is 0 Å². The maximum Gasteiger partial charge on any atom is 0.319 e. The van der Waals surface area contributed by atoms with Crippen molar-refractivity contribution in [2.45, 2.75) is 18.9 Å². The zero-order valence-corrected chi connectivity index (χ0v) is 12.9. The maximum atomic E-state index is 11.8. The van der Waals surface area contributed by atoms with Gasteiger partial charge in [-0.05, 0) is 31.0 Å². The Morgan fingerprint density at radius 3 is 2.50 bits per heavy atom. The molecular weight excluding hydrogens is 323 g/mol. The second-order valence-corrected chi connectivity index (χ2v) is 7.80. The number of hydrogen-bond donors (Lipinski definition) is 2. The fraction of sp³-hybridized carbons (Fsp3) is 0.417.